The van der Waals surface area contributed by atoms with Gasteiger partial charge in [-0.05, 0) is 75.9 Å². The molecule has 4 aromatic rings. The molecule has 66 heavy (non-hydrogen) atoms. The predicted molar refractivity (Wildman–Crippen MR) is 246 cm³/mol. The highest BCUT2D eigenvalue weighted by atomic mass is 19.1. The lowest BCUT2D eigenvalue weighted by molar-refractivity contribution is 0.183. The van der Waals surface area contributed by atoms with Gasteiger partial charge in [0.1, 0.15) is 12.3 Å². The van der Waals surface area contributed by atoms with E-state index in [4.69, 9.17) is 18.9 Å². The van der Waals surface area contributed by atoms with E-state index < -0.39 is 48.1 Å². The number of alkyl halides is 2. The van der Waals surface area contributed by atoms with Gasteiger partial charge in [0.05, 0.1) is 51.9 Å². The highest BCUT2D eigenvalue weighted by Crippen LogP contribution is 2.40. The Balaban J connectivity index is 0.000000196. The highest BCUT2D eigenvalue weighted by Gasteiger charge is 2.34. The fraction of sp³-hybridized carbons (Fsp3) is 0.417. The molecule has 4 amide bonds. The van der Waals surface area contributed by atoms with E-state index in [2.05, 4.69) is 20.8 Å². The molecule has 0 radical (unpaired) electrons. The van der Waals surface area contributed by atoms with E-state index in [-0.39, 0.29) is 35.8 Å². The first-order valence-corrected chi connectivity index (χ1v) is 21.8. The number of urea groups is 2. The van der Waals surface area contributed by atoms with E-state index in [1.807, 2.05) is 72.2 Å². The van der Waals surface area contributed by atoms with Gasteiger partial charge in [0.25, 0.3) is 0 Å². The Morgan fingerprint density at radius 2 is 0.970 bits per heavy atom. The van der Waals surface area contributed by atoms with Crippen molar-refractivity contribution in [2.45, 2.75) is 64.0 Å². The van der Waals surface area contributed by atoms with Crippen molar-refractivity contribution in [3.63, 3.8) is 0 Å². The first-order chi connectivity index (χ1) is 31.7. The number of fused-ring (bicyclic) bond motifs is 2. The molecule has 14 nitrogen and oxygen atoms in total. The second-order valence-electron chi connectivity index (χ2n) is 16.5. The number of methoxy groups -OCH3 is 4. The molecule has 18 heteroatoms. The second kappa shape index (κ2) is 20.2. The molecule has 0 bridgehead atoms. The van der Waals surface area contributed by atoms with Crippen LogP contribution < -0.4 is 39.4 Å². The first-order valence-electron chi connectivity index (χ1n) is 21.8. The SMILES string of the molecule is CNC(=O)N1N=C(c2ccc(N3CC[C@@H](F)C3)cc2)c2cc(OC)c(OC)c(F)c2CC1C.CNC(=O)N1N=C(c2ccc(N3CC[C@@H](F)C3)cc2)c2cc(OC)c(OC)c(F)c2C[C@H]1C. The number of benzene rings is 4. The minimum absolute atomic E-state index is 0.0151. The average Bonchev–Trinajstić information content (AvgIpc) is 3.90. The lowest BCUT2D eigenvalue weighted by Crippen LogP contribution is -2.41. The van der Waals surface area contributed by atoms with Crippen LogP contribution in [0.25, 0.3) is 0 Å². The second-order valence-corrected chi connectivity index (χ2v) is 16.5. The summed E-state index contributed by atoms with van der Waals surface area (Å²) in [5.74, 6) is -0.557. The summed E-state index contributed by atoms with van der Waals surface area (Å²) in [5.41, 5.74) is 5.94. The van der Waals surface area contributed by atoms with Crippen molar-refractivity contribution in [2.24, 2.45) is 10.2 Å². The Kier molecular flexibility index (Phi) is 14.5. The summed E-state index contributed by atoms with van der Waals surface area (Å²) in [6, 6.07) is 16.8. The topological polar surface area (TPSA) is 133 Å². The van der Waals surface area contributed by atoms with Crippen LogP contribution in [-0.2, 0) is 12.8 Å². The van der Waals surface area contributed by atoms with Crippen LogP contribution in [0.15, 0.2) is 70.9 Å². The highest BCUT2D eigenvalue weighted by molar-refractivity contribution is 6.15. The molecule has 4 atom stereocenters. The maximum atomic E-state index is 15.5. The van der Waals surface area contributed by atoms with Gasteiger partial charge < -0.3 is 39.4 Å². The van der Waals surface area contributed by atoms with Crippen molar-refractivity contribution < 1.29 is 46.1 Å². The van der Waals surface area contributed by atoms with Gasteiger partial charge in [-0.1, -0.05) is 24.3 Å². The maximum Gasteiger partial charge on any atom is 0.337 e. The zero-order chi connectivity index (χ0) is 47.4. The van der Waals surface area contributed by atoms with Crippen molar-refractivity contribution in [3.8, 4) is 23.0 Å². The summed E-state index contributed by atoms with van der Waals surface area (Å²) in [6.07, 6.45) is -0.132. The fourth-order valence-electron chi connectivity index (χ4n) is 8.80. The third-order valence-corrected chi connectivity index (χ3v) is 12.3. The third kappa shape index (κ3) is 9.35. The van der Waals surface area contributed by atoms with Gasteiger partial charge >= 0.3 is 12.1 Å². The number of nitrogens with zero attached hydrogens (tertiary/aromatic N) is 6. The number of hydrazone groups is 2. The zero-order valence-electron chi connectivity index (χ0n) is 38.4. The number of hydrogen-bond acceptors (Lipinski definition) is 10. The van der Waals surface area contributed by atoms with E-state index in [9.17, 15) is 18.4 Å². The molecule has 2 fully saturated rings. The standard InChI is InChI=1S/2C24H28F2N4O3/c2*1-14-11-18-19(12-20(32-3)23(33-4)21(18)26)22(28-30(14)24(31)27-2)15-5-7-17(8-6-15)29-10-9-16(25)13-29/h2*5-8,12,14,16H,9-11,13H2,1-4H3,(H,27,31)/t14?,16-;14-,16-/m11/s1. The number of rotatable bonds is 8. The Labute approximate surface area is 382 Å². The summed E-state index contributed by atoms with van der Waals surface area (Å²) in [6.45, 7) is 5.68. The van der Waals surface area contributed by atoms with Crippen molar-refractivity contribution >= 4 is 34.9 Å². The minimum Gasteiger partial charge on any atom is -0.493 e. The normalized spacial score (nSPS) is 20.1. The van der Waals surface area contributed by atoms with Gasteiger partial charge in [0, 0.05) is 85.0 Å². The smallest absolute Gasteiger partial charge is 0.337 e. The van der Waals surface area contributed by atoms with Crippen LogP contribution in [0, 0.1) is 11.6 Å². The quantitative estimate of drug-likeness (QED) is 0.174. The summed E-state index contributed by atoms with van der Waals surface area (Å²) in [4.78, 5) is 29.1. The van der Waals surface area contributed by atoms with Crippen LogP contribution in [0.4, 0.5) is 38.5 Å². The van der Waals surface area contributed by atoms with E-state index in [0.29, 0.717) is 83.8 Å². The van der Waals surface area contributed by atoms with Gasteiger partial charge in [-0.15, -0.1) is 0 Å². The molecule has 8 rings (SSSR count). The number of amides is 4. The third-order valence-electron chi connectivity index (χ3n) is 12.3. The Morgan fingerprint density at radius 1 is 0.606 bits per heavy atom. The van der Waals surface area contributed by atoms with Crippen LogP contribution >= 0.6 is 0 Å². The number of ether oxygens (including phenoxy) is 4. The Bertz CT molecular complexity index is 2320. The largest absolute Gasteiger partial charge is 0.493 e. The van der Waals surface area contributed by atoms with Crippen molar-refractivity contribution in [2.75, 3.05) is 78.5 Å². The summed E-state index contributed by atoms with van der Waals surface area (Å²) in [7, 11) is 8.71. The van der Waals surface area contributed by atoms with Crippen LogP contribution in [0.3, 0.4) is 0 Å². The van der Waals surface area contributed by atoms with Gasteiger partial charge in [-0.3, -0.25) is 0 Å². The number of carbonyl (C=O) groups is 2. The number of halogens is 4. The molecule has 4 aliphatic heterocycles. The van der Waals surface area contributed by atoms with Crippen LogP contribution in [0.2, 0.25) is 0 Å². The molecule has 0 aromatic heterocycles. The van der Waals surface area contributed by atoms with Crippen molar-refractivity contribution in [1.82, 2.24) is 20.7 Å². The molecule has 4 aliphatic rings. The van der Waals surface area contributed by atoms with Crippen molar-refractivity contribution in [3.05, 3.63) is 106 Å². The zero-order valence-corrected chi connectivity index (χ0v) is 38.4. The molecule has 2 saturated heterocycles. The van der Waals surface area contributed by atoms with Crippen LogP contribution in [0.1, 0.15) is 60.1 Å². The molecule has 0 spiro atoms. The van der Waals surface area contributed by atoms with Gasteiger partial charge in [-0.2, -0.15) is 10.2 Å². The Morgan fingerprint density at radius 3 is 1.26 bits per heavy atom. The molecular formula is C48H56F4N8O6. The van der Waals surface area contributed by atoms with Crippen LogP contribution in [-0.4, -0.2) is 127 Å². The molecule has 0 aliphatic carbocycles. The predicted octanol–water partition coefficient (Wildman–Crippen LogP) is 7.46. The molecule has 1 unspecified atom stereocenters. The number of hydrogen-bond donors (Lipinski definition) is 2. The van der Waals surface area contributed by atoms with Crippen molar-refractivity contribution in [1.29, 1.82) is 0 Å². The van der Waals surface area contributed by atoms with E-state index in [1.165, 1.54) is 52.6 Å². The molecule has 4 heterocycles. The summed E-state index contributed by atoms with van der Waals surface area (Å²) in [5, 5.41) is 17.2. The summed E-state index contributed by atoms with van der Waals surface area (Å²) >= 11 is 0. The number of anilines is 2. The van der Waals surface area contributed by atoms with E-state index >= 15 is 8.78 Å². The first kappa shape index (κ1) is 47.2. The molecule has 352 valence electrons. The molecule has 2 N–H and O–H groups in total. The lowest BCUT2D eigenvalue weighted by Gasteiger charge is -2.22. The minimum atomic E-state index is -0.823. The van der Waals surface area contributed by atoms with Gasteiger partial charge in [0.15, 0.2) is 34.6 Å². The van der Waals surface area contributed by atoms with Crippen LogP contribution in [0.5, 0.6) is 23.0 Å². The lowest BCUT2D eigenvalue weighted by atomic mass is 9.93. The van der Waals surface area contributed by atoms with Gasteiger partial charge in [0.2, 0.25) is 0 Å². The molecule has 4 aromatic carbocycles. The monoisotopic (exact) mass is 916 g/mol. The van der Waals surface area contributed by atoms with E-state index in [0.717, 1.165) is 11.4 Å². The number of carbonyl (C=O) groups excluding carboxylic acids is 2. The maximum absolute atomic E-state index is 15.5. The number of nitrogens with one attached hydrogen (secondary N) is 2. The summed E-state index contributed by atoms with van der Waals surface area (Å²) < 4.78 is 79.6. The molecule has 0 saturated carbocycles. The Hall–Kier alpha value is -6.72. The average molecular weight is 917 g/mol. The molecular weight excluding hydrogens is 861 g/mol. The van der Waals surface area contributed by atoms with E-state index in [1.54, 1.807) is 12.1 Å². The fourth-order valence-corrected chi connectivity index (χ4v) is 8.80. The van der Waals surface area contributed by atoms with Gasteiger partial charge in [-0.25, -0.2) is 37.2 Å².